The van der Waals surface area contributed by atoms with Crippen molar-refractivity contribution in [2.24, 2.45) is 0 Å². The van der Waals surface area contributed by atoms with Gasteiger partial charge in [0.05, 0.1) is 13.5 Å². The molecule has 0 radical (unpaired) electrons. The molecule has 1 heterocycles. The molecule has 7 nitrogen and oxygen atoms in total. The van der Waals surface area contributed by atoms with Gasteiger partial charge in [-0.15, -0.1) is 0 Å². The number of carbonyl (C=O) groups is 2. The van der Waals surface area contributed by atoms with Gasteiger partial charge in [-0.25, -0.2) is 0 Å². The van der Waals surface area contributed by atoms with Crippen molar-refractivity contribution in [3.8, 4) is 17.2 Å². The fraction of sp³-hybridized carbons (Fsp3) is 0.188. The Hall–Kier alpha value is -4.78. The minimum atomic E-state index is -0.835. The number of hydrogen-bond donors (Lipinski definition) is 1. The van der Waals surface area contributed by atoms with Crippen LogP contribution in [0.25, 0.3) is 0 Å². The first-order valence-electron chi connectivity index (χ1n) is 12.8. The van der Waals surface area contributed by atoms with Crippen LogP contribution in [0.4, 0.5) is 0 Å². The third-order valence-corrected chi connectivity index (χ3v) is 6.61. The van der Waals surface area contributed by atoms with Gasteiger partial charge in [-0.1, -0.05) is 78.9 Å². The number of benzene rings is 4. The molecule has 4 aromatic carbocycles. The summed E-state index contributed by atoms with van der Waals surface area (Å²) in [5, 5.41) is 3.04. The molecular weight excluding hydrogens is 492 g/mol. The van der Waals surface area contributed by atoms with Gasteiger partial charge >= 0.3 is 0 Å². The minimum absolute atomic E-state index is 0.149. The van der Waals surface area contributed by atoms with E-state index in [1.807, 2.05) is 103 Å². The summed E-state index contributed by atoms with van der Waals surface area (Å²) in [5.41, 5.74) is 3.38. The molecule has 0 saturated heterocycles. The molecule has 198 valence electrons. The van der Waals surface area contributed by atoms with Gasteiger partial charge in [0.15, 0.2) is 11.5 Å². The van der Waals surface area contributed by atoms with Crippen LogP contribution in [0.2, 0.25) is 0 Å². The van der Waals surface area contributed by atoms with E-state index in [-0.39, 0.29) is 38.1 Å². The lowest BCUT2D eigenvalue weighted by Crippen LogP contribution is -2.43. The number of hydrogen-bond acceptors (Lipinski definition) is 5. The van der Waals surface area contributed by atoms with Crippen LogP contribution in [-0.2, 0) is 29.1 Å². The zero-order chi connectivity index (χ0) is 27.0. The standard InChI is InChI=1S/C32H30N2O5/c1-37-27-15-12-24(13-16-27)21-34(30(35)19-23-8-4-2-5-9-23)31(26-10-6-3-7-11-26)32(36)33-20-25-14-17-28-29(18-25)39-22-38-28/h2-18,31H,19-22H2,1H3,(H,33,36)/t31-/m1/s1. The Labute approximate surface area is 227 Å². The summed E-state index contributed by atoms with van der Waals surface area (Å²) in [6.07, 6.45) is 0.176. The molecule has 1 atom stereocenters. The van der Waals surface area contributed by atoms with Crippen molar-refractivity contribution < 1.29 is 23.8 Å². The van der Waals surface area contributed by atoms with E-state index in [2.05, 4.69) is 5.32 Å². The van der Waals surface area contributed by atoms with E-state index in [9.17, 15) is 9.59 Å². The van der Waals surface area contributed by atoms with Crippen molar-refractivity contribution in [3.05, 3.63) is 125 Å². The molecule has 0 fully saturated rings. The Morgan fingerprint density at radius 3 is 2.21 bits per heavy atom. The molecule has 0 unspecified atom stereocenters. The van der Waals surface area contributed by atoms with Crippen LogP contribution >= 0.6 is 0 Å². The summed E-state index contributed by atoms with van der Waals surface area (Å²) in [6, 6.07) is 31.2. The second-order valence-corrected chi connectivity index (χ2v) is 9.25. The van der Waals surface area contributed by atoms with Gasteiger partial charge in [0.2, 0.25) is 18.6 Å². The maximum Gasteiger partial charge on any atom is 0.247 e. The molecule has 0 aromatic heterocycles. The zero-order valence-electron chi connectivity index (χ0n) is 21.7. The lowest BCUT2D eigenvalue weighted by atomic mass is 10.0. The van der Waals surface area contributed by atoms with Crippen molar-refractivity contribution >= 4 is 11.8 Å². The Balaban J connectivity index is 1.44. The molecule has 0 spiro atoms. The summed E-state index contributed by atoms with van der Waals surface area (Å²) in [4.78, 5) is 29.4. The van der Waals surface area contributed by atoms with E-state index in [1.54, 1.807) is 12.0 Å². The average molecular weight is 523 g/mol. The van der Waals surface area contributed by atoms with E-state index < -0.39 is 6.04 Å². The molecule has 7 heteroatoms. The fourth-order valence-corrected chi connectivity index (χ4v) is 4.57. The number of nitrogens with zero attached hydrogens (tertiary/aromatic N) is 1. The topological polar surface area (TPSA) is 77.1 Å². The summed E-state index contributed by atoms with van der Waals surface area (Å²) in [7, 11) is 1.61. The van der Waals surface area contributed by atoms with Gasteiger partial charge in [-0.05, 0) is 46.5 Å². The lowest BCUT2D eigenvalue weighted by molar-refractivity contribution is -0.141. The van der Waals surface area contributed by atoms with Gasteiger partial charge in [-0.2, -0.15) is 0 Å². The normalized spacial score (nSPS) is 12.4. The van der Waals surface area contributed by atoms with Crippen LogP contribution < -0.4 is 19.5 Å². The first kappa shape index (κ1) is 25.9. The molecule has 0 bridgehead atoms. The van der Waals surface area contributed by atoms with Crippen LogP contribution in [0, 0.1) is 0 Å². The van der Waals surface area contributed by atoms with Crippen molar-refractivity contribution in [3.63, 3.8) is 0 Å². The number of fused-ring (bicyclic) bond motifs is 1. The zero-order valence-corrected chi connectivity index (χ0v) is 21.7. The van der Waals surface area contributed by atoms with E-state index >= 15 is 0 Å². The van der Waals surface area contributed by atoms with Crippen molar-refractivity contribution in [1.82, 2.24) is 10.2 Å². The molecule has 39 heavy (non-hydrogen) atoms. The Bertz CT molecular complexity index is 1410. The number of carbonyl (C=O) groups excluding carboxylic acids is 2. The molecule has 1 N–H and O–H groups in total. The highest BCUT2D eigenvalue weighted by atomic mass is 16.7. The van der Waals surface area contributed by atoms with Gasteiger partial charge in [0, 0.05) is 13.1 Å². The van der Waals surface area contributed by atoms with Gasteiger partial charge in [0.25, 0.3) is 0 Å². The highest BCUT2D eigenvalue weighted by Gasteiger charge is 2.31. The van der Waals surface area contributed by atoms with Crippen LogP contribution in [0.15, 0.2) is 103 Å². The maximum absolute atomic E-state index is 13.9. The predicted octanol–water partition coefficient (Wildman–Crippen LogP) is 5.05. The predicted molar refractivity (Wildman–Crippen MR) is 147 cm³/mol. The SMILES string of the molecule is COc1ccc(CN(C(=O)Cc2ccccc2)[C@@H](C(=O)NCc2ccc3c(c2)OCO3)c2ccccc2)cc1. The van der Waals surface area contributed by atoms with Crippen LogP contribution in [0.3, 0.4) is 0 Å². The first-order valence-corrected chi connectivity index (χ1v) is 12.8. The van der Waals surface area contributed by atoms with Crippen LogP contribution in [0.5, 0.6) is 17.2 Å². The Morgan fingerprint density at radius 1 is 0.821 bits per heavy atom. The number of ether oxygens (including phenoxy) is 3. The van der Waals surface area contributed by atoms with Crippen LogP contribution in [-0.4, -0.2) is 30.6 Å². The average Bonchev–Trinajstić information content (AvgIpc) is 3.45. The maximum atomic E-state index is 13.9. The van der Waals surface area contributed by atoms with Gasteiger partial charge in [0.1, 0.15) is 11.8 Å². The molecule has 1 aliphatic rings. The molecule has 0 aliphatic carbocycles. The summed E-state index contributed by atoms with van der Waals surface area (Å²) >= 11 is 0. The third kappa shape index (κ3) is 6.38. The second-order valence-electron chi connectivity index (χ2n) is 9.25. The molecular formula is C32H30N2O5. The number of amides is 2. The highest BCUT2D eigenvalue weighted by Crippen LogP contribution is 2.32. The lowest BCUT2D eigenvalue weighted by Gasteiger charge is -2.32. The Kier molecular flexibility index (Phi) is 8.07. The number of rotatable bonds is 10. The summed E-state index contributed by atoms with van der Waals surface area (Å²) in [5.74, 6) is 1.64. The Morgan fingerprint density at radius 2 is 1.49 bits per heavy atom. The molecule has 2 amide bonds. The molecule has 0 saturated carbocycles. The van der Waals surface area contributed by atoms with E-state index in [0.29, 0.717) is 11.5 Å². The minimum Gasteiger partial charge on any atom is -0.497 e. The van der Waals surface area contributed by atoms with Gasteiger partial charge < -0.3 is 24.4 Å². The smallest absolute Gasteiger partial charge is 0.247 e. The van der Waals surface area contributed by atoms with E-state index in [0.717, 1.165) is 28.0 Å². The van der Waals surface area contributed by atoms with Crippen molar-refractivity contribution in [1.29, 1.82) is 0 Å². The first-order chi connectivity index (χ1) is 19.1. The third-order valence-electron chi connectivity index (χ3n) is 6.61. The van der Waals surface area contributed by atoms with Crippen molar-refractivity contribution in [2.75, 3.05) is 13.9 Å². The largest absolute Gasteiger partial charge is 0.497 e. The number of methoxy groups -OCH3 is 1. The second kappa shape index (κ2) is 12.2. The van der Waals surface area contributed by atoms with E-state index in [4.69, 9.17) is 14.2 Å². The quantitative estimate of drug-likeness (QED) is 0.315. The van der Waals surface area contributed by atoms with Gasteiger partial charge in [-0.3, -0.25) is 9.59 Å². The summed E-state index contributed by atoms with van der Waals surface area (Å²) < 4.78 is 16.2. The molecule has 5 rings (SSSR count). The van der Waals surface area contributed by atoms with E-state index in [1.165, 1.54) is 0 Å². The summed E-state index contributed by atoms with van der Waals surface area (Å²) in [6.45, 7) is 0.722. The molecule has 4 aromatic rings. The molecule has 1 aliphatic heterocycles. The van der Waals surface area contributed by atoms with Crippen molar-refractivity contribution in [2.45, 2.75) is 25.6 Å². The van der Waals surface area contributed by atoms with Crippen LogP contribution in [0.1, 0.15) is 28.3 Å². The fourth-order valence-electron chi connectivity index (χ4n) is 4.57. The number of nitrogens with one attached hydrogen (secondary N) is 1. The highest BCUT2D eigenvalue weighted by molar-refractivity contribution is 5.89. The monoisotopic (exact) mass is 522 g/mol.